The minimum atomic E-state index is -0.862. The van der Waals surface area contributed by atoms with Gasteiger partial charge in [0.2, 0.25) is 0 Å². The molecule has 2 atom stereocenters. The monoisotopic (exact) mass is 150 g/mol. The number of aliphatic carboxylic acids is 1. The molecular formula is C7H11NaO2. The fourth-order valence-corrected chi connectivity index (χ4v) is 1.42. The predicted octanol–water partition coefficient (Wildman–Crippen LogP) is -2.82. The zero-order valence-corrected chi connectivity index (χ0v) is 8.59. The second-order valence-electron chi connectivity index (χ2n) is 2.93. The van der Waals surface area contributed by atoms with Crippen LogP contribution in [-0.4, -0.2) is 5.97 Å². The molecule has 0 aromatic heterocycles. The summed E-state index contributed by atoms with van der Waals surface area (Å²) in [6.07, 6.45) is 2.70. The van der Waals surface area contributed by atoms with Crippen LogP contribution < -0.4 is 34.7 Å². The Morgan fingerprint density at radius 3 is 2.30 bits per heavy atom. The second kappa shape index (κ2) is 4.37. The van der Waals surface area contributed by atoms with Gasteiger partial charge in [-0.15, -0.1) is 0 Å². The molecule has 0 amide bonds. The van der Waals surface area contributed by atoms with Crippen LogP contribution in [0.5, 0.6) is 0 Å². The SMILES string of the molecule is CC1CCC(C(=O)[O-])C1.[Na+]. The molecule has 2 nitrogen and oxygen atoms in total. The molecule has 0 aliphatic heterocycles. The van der Waals surface area contributed by atoms with Crippen LogP contribution in [0.4, 0.5) is 0 Å². The molecule has 3 heteroatoms. The van der Waals surface area contributed by atoms with Gasteiger partial charge in [-0.2, -0.15) is 0 Å². The summed E-state index contributed by atoms with van der Waals surface area (Å²) in [7, 11) is 0. The Hall–Kier alpha value is 0.470. The molecule has 0 saturated heterocycles. The summed E-state index contributed by atoms with van der Waals surface area (Å²) in [5.41, 5.74) is 0. The van der Waals surface area contributed by atoms with E-state index in [4.69, 9.17) is 0 Å². The van der Waals surface area contributed by atoms with Gasteiger partial charge >= 0.3 is 29.6 Å². The number of hydrogen-bond acceptors (Lipinski definition) is 2. The molecule has 1 saturated carbocycles. The van der Waals surface area contributed by atoms with E-state index in [0.717, 1.165) is 19.3 Å². The van der Waals surface area contributed by atoms with Gasteiger partial charge < -0.3 is 9.90 Å². The summed E-state index contributed by atoms with van der Waals surface area (Å²) in [6.45, 7) is 2.09. The summed E-state index contributed by atoms with van der Waals surface area (Å²) in [4.78, 5) is 10.2. The van der Waals surface area contributed by atoms with Crippen LogP contribution in [0.1, 0.15) is 26.2 Å². The van der Waals surface area contributed by atoms with Crippen LogP contribution in [-0.2, 0) is 4.79 Å². The van der Waals surface area contributed by atoms with Gasteiger partial charge in [0, 0.05) is 5.97 Å². The third-order valence-electron chi connectivity index (χ3n) is 2.03. The van der Waals surface area contributed by atoms with Gasteiger partial charge in [0.25, 0.3) is 0 Å². The quantitative estimate of drug-likeness (QED) is 0.378. The maximum absolute atomic E-state index is 10.2. The average molecular weight is 150 g/mol. The topological polar surface area (TPSA) is 40.1 Å². The van der Waals surface area contributed by atoms with Crippen molar-refractivity contribution in [1.29, 1.82) is 0 Å². The van der Waals surface area contributed by atoms with Crippen molar-refractivity contribution in [3.8, 4) is 0 Å². The molecule has 1 rings (SSSR count). The van der Waals surface area contributed by atoms with E-state index in [-0.39, 0.29) is 35.5 Å². The molecule has 10 heavy (non-hydrogen) atoms. The largest absolute Gasteiger partial charge is 1.00 e. The van der Waals surface area contributed by atoms with Crippen LogP contribution in [0.25, 0.3) is 0 Å². The summed E-state index contributed by atoms with van der Waals surface area (Å²) in [5, 5.41) is 10.2. The van der Waals surface area contributed by atoms with Crippen molar-refractivity contribution >= 4 is 5.97 Å². The first kappa shape index (κ1) is 10.5. The molecule has 2 unspecified atom stereocenters. The summed E-state index contributed by atoms with van der Waals surface area (Å²) >= 11 is 0. The Morgan fingerprint density at radius 2 is 2.10 bits per heavy atom. The maximum atomic E-state index is 10.2. The number of hydrogen-bond donors (Lipinski definition) is 0. The number of carboxylic acids is 1. The first-order valence-electron chi connectivity index (χ1n) is 3.41. The molecule has 0 spiro atoms. The van der Waals surface area contributed by atoms with Crippen LogP contribution in [0.3, 0.4) is 0 Å². The minimum Gasteiger partial charge on any atom is -0.550 e. The van der Waals surface area contributed by atoms with Gasteiger partial charge in [0.1, 0.15) is 0 Å². The molecule has 0 bridgehead atoms. The van der Waals surface area contributed by atoms with Crippen molar-refractivity contribution in [2.24, 2.45) is 11.8 Å². The minimum absolute atomic E-state index is 0. The molecule has 1 fully saturated rings. The Kier molecular flexibility index (Phi) is 4.57. The van der Waals surface area contributed by atoms with Gasteiger partial charge in [0.05, 0.1) is 0 Å². The molecule has 0 radical (unpaired) electrons. The van der Waals surface area contributed by atoms with Gasteiger partial charge in [-0.05, 0) is 24.7 Å². The Labute approximate surface area is 83.3 Å². The fourth-order valence-electron chi connectivity index (χ4n) is 1.42. The first-order chi connectivity index (χ1) is 4.20. The van der Waals surface area contributed by atoms with Crippen molar-refractivity contribution in [1.82, 2.24) is 0 Å². The molecule has 52 valence electrons. The van der Waals surface area contributed by atoms with Gasteiger partial charge in [-0.25, -0.2) is 0 Å². The van der Waals surface area contributed by atoms with E-state index in [9.17, 15) is 9.90 Å². The molecule has 0 aromatic carbocycles. The van der Waals surface area contributed by atoms with E-state index in [1.165, 1.54) is 0 Å². The molecule has 0 N–H and O–H groups in total. The van der Waals surface area contributed by atoms with Crippen molar-refractivity contribution < 1.29 is 39.5 Å². The smallest absolute Gasteiger partial charge is 0.550 e. The first-order valence-corrected chi connectivity index (χ1v) is 3.41. The average Bonchev–Trinajstić information content (AvgIpc) is 2.14. The maximum Gasteiger partial charge on any atom is 1.00 e. The number of carboxylic acid groups (broad SMARTS) is 1. The normalized spacial score (nSPS) is 31.3. The van der Waals surface area contributed by atoms with E-state index in [2.05, 4.69) is 6.92 Å². The molecule has 0 aromatic rings. The van der Waals surface area contributed by atoms with E-state index < -0.39 is 5.97 Å². The van der Waals surface area contributed by atoms with Crippen molar-refractivity contribution in [2.75, 3.05) is 0 Å². The zero-order valence-electron chi connectivity index (χ0n) is 6.59. The van der Waals surface area contributed by atoms with Gasteiger partial charge in [-0.1, -0.05) is 13.3 Å². The van der Waals surface area contributed by atoms with E-state index >= 15 is 0 Å². The zero-order chi connectivity index (χ0) is 6.85. The number of rotatable bonds is 1. The standard InChI is InChI=1S/C7H12O2.Na/c1-5-2-3-6(4-5)7(8)9;/h5-6H,2-4H2,1H3,(H,8,9);/q;+1/p-1. The van der Waals surface area contributed by atoms with Crippen LogP contribution in [0, 0.1) is 11.8 Å². The second-order valence-corrected chi connectivity index (χ2v) is 2.93. The van der Waals surface area contributed by atoms with Crippen LogP contribution in [0.15, 0.2) is 0 Å². The van der Waals surface area contributed by atoms with E-state index in [1.54, 1.807) is 0 Å². The summed E-state index contributed by atoms with van der Waals surface area (Å²) in [5.74, 6) is -0.424. The van der Waals surface area contributed by atoms with Crippen LogP contribution in [0.2, 0.25) is 0 Å². The molecular weight excluding hydrogens is 139 g/mol. The Morgan fingerprint density at radius 1 is 1.50 bits per heavy atom. The summed E-state index contributed by atoms with van der Waals surface area (Å²) in [6, 6.07) is 0. The number of carbonyl (C=O) groups is 1. The van der Waals surface area contributed by atoms with Crippen molar-refractivity contribution in [3.05, 3.63) is 0 Å². The van der Waals surface area contributed by atoms with E-state index in [0.29, 0.717) is 5.92 Å². The third-order valence-corrected chi connectivity index (χ3v) is 2.03. The molecule has 1 aliphatic carbocycles. The molecule has 1 aliphatic rings. The van der Waals surface area contributed by atoms with Crippen molar-refractivity contribution in [2.45, 2.75) is 26.2 Å². The Balaban J connectivity index is 0.000000810. The van der Waals surface area contributed by atoms with Gasteiger partial charge in [0.15, 0.2) is 0 Å². The summed E-state index contributed by atoms with van der Waals surface area (Å²) < 4.78 is 0. The van der Waals surface area contributed by atoms with Crippen LogP contribution >= 0.6 is 0 Å². The van der Waals surface area contributed by atoms with Gasteiger partial charge in [-0.3, -0.25) is 0 Å². The Bertz CT molecular complexity index is 125. The third kappa shape index (κ3) is 2.60. The molecule has 0 heterocycles. The predicted molar refractivity (Wildman–Crippen MR) is 31.5 cm³/mol. The van der Waals surface area contributed by atoms with E-state index in [1.807, 2.05) is 0 Å². The van der Waals surface area contributed by atoms with Crippen molar-refractivity contribution in [3.63, 3.8) is 0 Å². The number of carbonyl (C=O) groups excluding carboxylic acids is 1. The fraction of sp³-hybridized carbons (Fsp3) is 0.857.